The second-order valence-electron chi connectivity index (χ2n) is 19.2. The zero-order chi connectivity index (χ0) is 53.4. The van der Waals surface area contributed by atoms with Gasteiger partial charge in [-0.25, -0.2) is 0 Å². The Bertz CT molecular complexity index is 1990. The van der Waals surface area contributed by atoms with E-state index in [0.29, 0.717) is 23.4 Å². The van der Waals surface area contributed by atoms with Crippen molar-refractivity contribution in [3.05, 3.63) is 33.8 Å². The number of carbonyl (C=O) groups excluding carboxylic acids is 7. The first-order chi connectivity index (χ1) is 33.2. The molecule has 0 radical (unpaired) electrons. The summed E-state index contributed by atoms with van der Waals surface area (Å²) >= 11 is 12.8. The van der Waals surface area contributed by atoms with Crippen LogP contribution in [0, 0.1) is 11.3 Å². The highest BCUT2D eigenvalue weighted by Crippen LogP contribution is 2.49. The molecule has 6 atom stereocenters. The van der Waals surface area contributed by atoms with Gasteiger partial charge in [0.15, 0.2) is 0 Å². The number of rotatable bonds is 18. The number of hydrogen-bond acceptors (Lipinski definition) is 8. The second kappa shape index (κ2) is 27.6. The summed E-state index contributed by atoms with van der Waals surface area (Å²) in [4.78, 5) is 103. The van der Waals surface area contributed by atoms with Gasteiger partial charge in [-0.05, 0) is 107 Å². The average Bonchev–Trinajstić information content (AvgIpc) is 3.30. The molecule has 1 aromatic carbocycles. The molecule has 71 heavy (non-hydrogen) atoms. The van der Waals surface area contributed by atoms with Gasteiger partial charge in [-0.15, -0.1) is 0 Å². The number of benzene rings is 1. The van der Waals surface area contributed by atoms with Crippen LogP contribution in [0.25, 0.3) is 0 Å². The van der Waals surface area contributed by atoms with Crippen LogP contribution >= 0.6 is 23.2 Å². The van der Waals surface area contributed by atoms with Crippen LogP contribution in [0.4, 0.5) is 26.3 Å². The number of likely N-dealkylation sites (N-methyl/N-ethyl adjacent to an activating group) is 3. The van der Waals surface area contributed by atoms with Crippen molar-refractivity contribution in [3.63, 3.8) is 0 Å². The third-order valence-electron chi connectivity index (χ3n) is 13.3. The van der Waals surface area contributed by atoms with Crippen LogP contribution in [0.15, 0.2) is 18.2 Å². The molecule has 402 valence electrons. The van der Waals surface area contributed by atoms with Gasteiger partial charge >= 0.3 is 12.4 Å². The second-order valence-corrected chi connectivity index (χ2v) is 20.1. The van der Waals surface area contributed by atoms with E-state index in [1.807, 2.05) is 13.8 Å². The van der Waals surface area contributed by atoms with E-state index in [0.717, 1.165) is 4.90 Å². The minimum absolute atomic E-state index is 0.0203. The van der Waals surface area contributed by atoms with Crippen LogP contribution in [0.5, 0.6) is 0 Å². The third kappa shape index (κ3) is 17.7. The Balaban J connectivity index is 2.04. The van der Waals surface area contributed by atoms with Crippen molar-refractivity contribution >= 4 is 64.6 Å². The highest BCUT2D eigenvalue weighted by Gasteiger charge is 2.60. The molecule has 1 aromatic rings. The molecule has 0 aromatic heterocycles. The molecule has 5 N–H and O–H groups in total. The number of nitrogens with one attached hydrogen (secondary N) is 5. The maximum Gasteiger partial charge on any atom is 0.403 e. The molecule has 1 saturated carbocycles. The molecular weight excluding hydrogens is 985 g/mol. The molecule has 1 aliphatic heterocycles. The number of nitrogens with zero attached hydrogens (tertiary/aromatic N) is 3. The monoisotopic (exact) mass is 1060 g/mol. The van der Waals surface area contributed by atoms with Gasteiger partial charge in [0.25, 0.3) is 0 Å². The smallest absolute Gasteiger partial charge is 0.344 e. The van der Waals surface area contributed by atoms with Crippen molar-refractivity contribution in [2.24, 2.45) is 11.3 Å². The molecule has 2 fully saturated rings. The number of unbranched alkanes of at least 4 members (excludes halogenated alkanes) is 1. The van der Waals surface area contributed by atoms with Crippen molar-refractivity contribution in [3.8, 4) is 0 Å². The lowest BCUT2D eigenvalue weighted by Gasteiger charge is -2.38. The predicted molar refractivity (Wildman–Crippen MR) is 257 cm³/mol. The van der Waals surface area contributed by atoms with E-state index in [1.165, 1.54) is 36.9 Å². The topological polar surface area (TPSA) is 189 Å². The molecule has 23 heteroatoms. The predicted octanol–water partition coefficient (Wildman–Crippen LogP) is 6.47. The van der Waals surface area contributed by atoms with Crippen LogP contribution in [0.3, 0.4) is 0 Å². The summed E-state index contributed by atoms with van der Waals surface area (Å²) < 4.78 is 82.0. The maximum atomic E-state index is 14.7. The molecule has 0 bridgehead atoms. The van der Waals surface area contributed by atoms with Gasteiger partial charge in [-0.2, -0.15) is 26.3 Å². The Kier molecular flexibility index (Phi) is 23.7. The molecule has 1 aliphatic carbocycles. The summed E-state index contributed by atoms with van der Waals surface area (Å²) in [5, 5.41) is 13.3. The summed E-state index contributed by atoms with van der Waals surface area (Å²) in [5.74, 6) is -5.93. The lowest BCUT2D eigenvalue weighted by atomic mass is 9.72. The first-order valence-electron chi connectivity index (χ1n) is 24.5. The van der Waals surface area contributed by atoms with Crippen LogP contribution < -0.4 is 26.6 Å². The van der Waals surface area contributed by atoms with E-state index in [1.54, 1.807) is 26.1 Å². The average molecular weight is 1060 g/mol. The molecule has 2 aliphatic rings. The van der Waals surface area contributed by atoms with Gasteiger partial charge in [0.2, 0.25) is 41.4 Å². The first-order valence-corrected chi connectivity index (χ1v) is 25.2. The van der Waals surface area contributed by atoms with Gasteiger partial charge in [0.05, 0.1) is 6.54 Å². The summed E-state index contributed by atoms with van der Waals surface area (Å²) in [5.41, 5.74) is -2.29. The fraction of sp³-hybridized carbons (Fsp3) is 0.729. The molecule has 0 spiro atoms. The summed E-state index contributed by atoms with van der Waals surface area (Å²) in [6, 6.07) is -3.18. The quantitative estimate of drug-likeness (QED) is 0.0817. The van der Waals surface area contributed by atoms with Crippen molar-refractivity contribution in [2.75, 3.05) is 40.8 Å². The van der Waals surface area contributed by atoms with Gasteiger partial charge in [-0.1, -0.05) is 70.2 Å². The molecule has 1 saturated heterocycles. The van der Waals surface area contributed by atoms with E-state index in [2.05, 4.69) is 26.6 Å². The van der Waals surface area contributed by atoms with Crippen LogP contribution in [-0.4, -0.2) is 145 Å². The Hall–Kier alpha value is -4.37. The lowest BCUT2D eigenvalue weighted by Crippen LogP contribution is -2.61. The summed E-state index contributed by atoms with van der Waals surface area (Å²) in [7, 11) is 4.23. The van der Waals surface area contributed by atoms with Crippen LogP contribution in [0.1, 0.15) is 123 Å². The van der Waals surface area contributed by atoms with E-state index in [-0.39, 0.29) is 94.7 Å². The number of amides is 7. The fourth-order valence-electron chi connectivity index (χ4n) is 9.05. The first kappa shape index (κ1) is 60.9. The van der Waals surface area contributed by atoms with E-state index in [9.17, 15) is 59.9 Å². The highest BCUT2D eigenvalue weighted by atomic mass is 35.5. The van der Waals surface area contributed by atoms with Gasteiger partial charge < -0.3 is 41.3 Å². The SMILES string of the molecule is CC[C@H](NC(=O)C1(C(F)(F)F)CCCCC1)C(=O)N[C@@H](CCCCNCC(F)(F)F)C(=O)N(C)[C@H]1CCCCN(C)C(=O)[C@@H](CC)NC(=O)[C@H](Cc2cc(Cl)ccc2Cl)N(C)C(=O)[C@H](CC(C)C)NC1=O. The van der Waals surface area contributed by atoms with Crippen molar-refractivity contribution < 1.29 is 59.9 Å². The van der Waals surface area contributed by atoms with Gasteiger partial charge in [-0.3, -0.25) is 33.6 Å². The Morgan fingerprint density at radius 1 is 0.859 bits per heavy atom. The standard InChI is InChI=1S/C48H72Cl2F6N8O7/c1-8-33(61-45(71)46(48(54,55)56)21-13-10-14-22-46)39(65)59-35(17-11-15-23-57-28-47(51,52)53)43(69)63(6)37-18-12-16-24-62(5)42(68)34(9-2)58-41(67)38(27-30-26-31(49)19-20-32(30)50)64(7)44(70)36(25-29(3)4)60-40(37)66/h19-20,26,29,33-38,57H,8-18,21-25,27-28H2,1-7H3,(H,58,67)(H,59,65)(H,60,66)(H,61,71)/t33-,34+,35-,36-,37-,38-/m0/s1. The van der Waals surface area contributed by atoms with E-state index >= 15 is 0 Å². The van der Waals surface area contributed by atoms with Crippen LogP contribution in [0.2, 0.25) is 10.0 Å². The third-order valence-corrected chi connectivity index (χ3v) is 14.0. The van der Waals surface area contributed by atoms with Gasteiger partial charge in [0.1, 0.15) is 41.7 Å². The molecule has 3 rings (SSSR count). The molecular formula is C48H72Cl2F6N8O7. The molecule has 15 nitrogen and oxygen atoms in total. The van der Waals surface area contributed by atoms with Crippen molar-refractivity contribution in [1.82, 2.24) is 41.3 Å². The van der Waals surface area contributed by atoms with Gasteiger partial charge in [0, 0.05) is 44.2 Å². The Morgan fingerprint density at radius 3 is 2.10 bits per heavy atom. The van der Waals surface area contributed by atoms with Crippen LogP contribution in [-0.2, 0) is 40.0 Å². The zero-order valence-electron chi connectivity index (χ0n) is 41.7. The summed E-state index contributed by atoms with van der Waals surface area (Å²) in [6.45, 7) is 5.59. The number of hydrogen-bond donors (Lipinski definition) is 5. The molecule has 1 heterocycles. The normalized spacial score (nSPS) is 22.1. The largest absolute Gasteiger partial charge is 0.403 e. The number of alkyl halides is 6. The number of carbonyl (C=O) groups is 7. The maximum absolute atomic E-state index is 14.7. The molecule has 7 amide bonds. The van der Waals surface area contributed by atoms with Crippen molar-refractivity contribution in [1.29, 1.82) is 0 Å². The highest BCUT2D eigenvalue weighted by molar-refractivity contribution is 6.33. The molecule has 0 unspecified atom stereocenters. The minimum atomic E-state index is -4.91. The lowest BCUT2D eigenvalue weighted by molar-refractivity contribution is -0.230. The zero-order valence-corrected chi connectivity index (χ0v) is 43.2. The van der Waals surface area contributed by atoms with Crippen molar-refractivity contribution in [2.45, 2.75) is 173 Å². The van der Waals surface area contributed by atoms with E-state index in [4.69, 9.17) is 23.2 Å². The van der Waals surface area contributed by atoms with E-state index < -0.39 is 115 Å². The number of halogens is 8. The fourth-order valence-corrected chi connectivity index (χ4v) is 9.43. The minimum Gasteiger partial charge on any atom is -0.344 e. The Labute approximate surface area is 423 Å². The summed E-state index contributed by atoms with van der Waals surface area (Å²) in [6.07, 6.45) is -8.99. The Morgan fingerprint density at radius 2 is 1.51 bits per heavy atom.